The highest BCUT2D eigenvalue weighted by atomic mass is 35.5. The van der Waals surface area contributed by atoms with Crippen LogP contribution in [0.5, 0.6) is 0 Å². The molecule has 0 spiro atoms. The van der Waals surface area contributed by atoms with Crippen LogP contribution in [0.1, 0.15) is 11.7 Å². The topological polar surface area (TPSA) is 70.2 Å². The van der Waals surface area contributed by atoms with Crippen LogP contribution in [0.4, 0.5) is 5.82 Å². The van der Waals surface area contributed by atoms with Gasteiger partial charge in [-0.25, -0.2) is 9.97 Å². The smallest absolute Gasteiger partial charge is 0.275 e. The molecule has 2 aromatic rings. The van der Waals surface area contributed by atoms with E-state index in [4.69, 9.17) is 11.6 Å². The van der Waals surface area contributed by atoms with Crippen LogP contribution in [0.15, 0.2) is 78.7 Å². The third-order valence-electron chi connectivity index (χ3n) is 3.94. The minimum absolute atomic E-state index is 0.181. The Morgan fingerprint density at radius 1 is 1.20 bits per heavy atom. The SMILES string of the molecule is O=C(Nc1ccncn1)C1=C2C=CC=CN2C(c2ccc(Cl)cc2)N1. The minimum Gasteiger partial charge on any atom is -0.355 e. The molecule has 1 amide bonds. The highest BCUT2D eigenvalue weighted by molar-refractivity contribution is 6.30. The van der Waals surface area contributed by atoms with E-state index in [0.717, 1.165) is 11.3 Å². The van der Waals surface area contributed by atoms with Crippen molar-refractivity contribution in [2.45, 2.75) is 6.17 Å². The molecule has 1 unspecified atom stereocenters. The van der Waals surface area contributed by atoms with Crippen molar-refractivity contribution in [1.82, 2.24) is 20.2 Å². The predicted octanol–water partition coefficient (Wildman–Crippen LogP) is 2.97. The summed E-state index contributed by atoms with van der Waals surface area (Å²) in [7, 11) is 0. The lowest BCUT2D eigenvalue weighted by molar-refractivity contribution is -0.113. The van der Waals surface area contributed by atoms with Crippen molar-refractivity contribution >= 4 is 23.3 Å². The molecule has 1 aromatic heterocycles. The molecule has 2 aliphatic rings. The summed E-state index contributed by atoms with van der Waals surface area (Å²) in [4.78, 5) is 22.6. The number of carbonyl (C=O) groups excluding carboxylic acids is 1. The van der Waals surface area contributed by atoms with Gasteiger partial charge in [0, 0.05) is 17.4 Å². The van der Waals surface area contributed by atoms with Gasteiger partial charge in [-0.05, 0) is 35.9 Å². The fourth-order valence-electron chi connectivity index (χ4n) is 2.79. The molecule has 7 heteroatoms. The van der Waals surface area contributed by atoms with Gasteiger partial charge >= 0.3 is 0 Å². The van der Waals surface area contributed by atoms with Crippen LogP contribution >= 0.6 is 11.6 Å². The largest absolute Gasteiger partial charge is 0.355 e. The van der Waals surface area contributed by atoms with Crippen molar-refractivity contribution in [2.75, 3.05) is 5.32 Å². The number of benzene rings is 1. The molecular weight excluding hydrogens is 338 g/mol. The molecule has 124 valence electrons. The molecule has 0 saturated heterocycles. The third-order valence-corrected chi connectivity index (χ3v) is 4.19. The fraction of sp³-hybridized carbons (Fsp3) is 0.0556. The number of aromatic nitrogens is 2. The van der Waals surface area contributed by atoms with Crippen LogP contribution < -0.4 is 10.6 Å². The van der Waals surface area contributed by atoms with Crippen molar-refractivity contribution in [2.24, 2.45) is 0 Å². The van der Waals surface area contributed by atoms with Gasteiger partial charge in [0.1, 0.15) is 24.0 Å². The fourth-order valence-corrected chi connectivity index (χ4v) is 2.91. The summed E-state index contributed by atoms with van der Waals surface area (Å²) < 4.78 is 0. The first kappa shape index (κ1) is 15.4. The number of rotatable bonds is 3. The highest BCUT2D eigenvalue weighted by Gasteiger charge is 2.33. The minimum atomic E-state index is -0.255. The Bertz CT molecular complexity index is 889. The maximum absolute atomic E-state index is 12.7. The van der Waals surface area contributed by atoms with Crippen LogP contribution in [0.3, 0.4) is 0 Å². The zero-order chi connectivity index (χ0) is 17.2. The maximum atomic E-state index is 12.7. The van der Waals surface area contributed by atoms with Gasteiger partial charge in [0.25, 0.3) is 5.91 Å². The van der Waals surface area contributed by atoms with Crippen molar-refractivity contribution in [3.05, 3.63) is 89.3 Å². The molecule has 0 bridgehead atoms. The molecule has 0 fully saturated rings. The van der Waals surface area contributed by atoms with Gasteiger partial charge in [0.05, 0.1) is 5.70 Å². The Kier molecular flexibility index (Phi) is 3.95. The summed E-state index contributed by atoms with van der Waals surface area (Å²) in [6, 6.07) is 9.19. The quantitative estimate of drug-likeness (QED) is 0.889. The second kappa shape index (κ2) is 6.41. The highest BCUT2D eigenvalue weighted by Crippen LogP contribution is 2.34. The molecule has 2 N–H and O–H groups in total. The van der Waals surface area contributed by atoms with Gasteiger partial charge in [0.15, 0.2) is 0 Å². The zero-order valence-electron chi connectivity index (χ0n) is 13.1. The number of anilines is 1. The lowest BCUT2D eigenvalue weighted by Gasteiger charge is -2.26. The third kappa shape index (κ3) is 2.99. The first-order valence-corrected chi connectivity index (χ1v) is 8.07. The molecule has 1 atom stereocenters. The lowest BCUT2D eigenvalue weighted by atomic mass is 10.1. The Balaban J connectivity index is 1.63. The van der Waals surface area contributed by atoms with Crippen LogP contribution in [0, 0.1) is 0 Å². The van der Waals surface area contributed by atoms with E-state index in [1.165, 1.54) is 6.33 Å². The summed E-state index contributed by atoms with van der Waals surface area (Å²) in [6.45, 7) is 0. The Morgan fingerprint density at radius 3 is 2.80 bits per heavy atom. The number of allylic oxidation sites excluding steroid dienone is 3. The molecule has 0 saturated carbocycles. The molecule has 1 aromatic carbocycles. The second-order valence-corrected chi connectivity index (χ2v) is 5.95. The van der Waals surface area contributed by atoms with E-state index in [1.807, 2.05) is 53.6 Å². The summed E-state index contributed by atoms with van der Waals surface area (Å²) in [5, 5.41) is 6.75. The maximum Gasteiger partial charge on any atom is 0.275 e. The zero-order valence-corrected chi connectivity index (χ0v) is 13.8. The second-order valence-electron chi connectivity index (χ2n) is 5.52. The van der Waals surface area contributed by atoms with E-state index in [-0.39, 0.29) is 12.1 Å². The van der Waals surface area contributed by atoms with E-state index in [1.54, 1.807) is 12.3 Å². The molecule has 3 heterocycles. The number of halogens is 1. The number of nitrogens with one attached hydrogen (secondary N) is 2. The van der Waals surface area contributed by atoms with E-state index < -0.39 is 0 Å². The molecular formula is C18H14ClN5O. The van der Waals surface area contributed by atoms with Gasteiger partial charge in [-0.3, -0.25) is 4.79 Å². The summed E-state index contributed by atoms with van der Waals surface area (Å²) in [5.41, 5.74) is 2.29. The first-order valence-electron chi connectivity index (χ1n) is 7.69. The van der Waals surface area contributed by atoms with E-state index in [0.29, 0.717) is 16.5 Å². The number of hydrogen-bond donors (Lipinski definition) is 2. The molecule has 0 aliphatic carbocycles. The average Bonchev–Trinajstić information content (AvgIpc) is 3.03. The van der Waals surface area contributed by atoms with Crippen molar-refractivity contribution < 1.29 is 4.79 Å². The summed E-state index contributed by atoms with van der Waals surface area (Å²) in [5.74, 6) is 0.196. The number of amides is 1. The molecule has 4 rings (SSSR count). The van der Waals surface area contributed by atoms with E-state index >= 15 is 0 Å². The molecule has 6 nitrogen and oxygen atoms in total. The molecule has 0 radical (unpaired) electrons. The Labute approximate surface area is 149 Å². The van der Waals surface area contributed by atoms with E-state index in [2.05, 4.69) is 20.6 Å². The first-order chi connectivity index (χ1) is 12.2. The van der Waals surface area contributed by atoms with Gasteiger partial charge in [-0.15, -0.1) is 0 Å². The van der Waals surface area contributed by atoms with Crippen LogP contribution in [0.25, 0.3) is 0 Å². The lowest BCUT2D eigenvalue weighted by Crippen LogP contribution is -2.28. The van der Waals surface area contributed by atoms with Crippen molar-refractivity contribution in [3.63, 3.8) is 0 Å². The Hall–Kier alpha value is -3.12. The van der Waals surface area contributed by atoms with Crippen LogP contribution in [-0.4, -0.2) is 20.8 Å². The van der Waals surface area contributed by atoms with Crippen LogP contribution in [0.2, 0.25) is 5.02 Å². The Morgan fingerprint density at radius 2 is 2.04 bits per heavy atom. The van der Waals surface area contributed by atoms with E-state index in [9.17, 15) is 4.79 Å². The van der Waals surface area contributed by atoms with Crippen molar-refractivity contribution in [3.8, 4) is 0 Å². The van der Waals surface area contributed by atoms with Gasteiger partial charge < -0.3 is 15.5 Å². The molecule has 2 aliphatic heterocycles. The number of fused-ring (bicyclic) bond motifs is 1. The molecule has 25 heavy (non-hydrogen) atoms. The van der Waals surface area contributed by atoms with Gasteiger partial charge in [-0.1, -0.05) is 29.8 Å². The number of carbonyl (C=O) groups is 1. The summed E-state index contributed by atoms with van der Waals surface area (Å²) in [6.07, 6.45) is 10.5. The predicted molar refractivity (Wildman–Crippen MR) is 95.1 cm³/mol. The number of nitrogens with zero attached hydrogens (tertiary/aromatic N) is 3. The van der Waals surface area contributed by atoms with Crippen LogP contribution in [-0.2, 0) is 4.79 Å². The number of hydrogen-bond acceptors (Lipinski definition) is 5. The van der Waals surface area contributed by atoms with Gasteiger partial charge in [0.2, 0.25) is 0 Å². The standard InChI is InChI=1S/C18H14ClN5O/c19-13-6-4-12(5-7-13)17-23-16(14-3-1-2-10-24(14)17)18(25)22-15-8-9-20-11-21-15/h1-11,17,23H,(H,20,21,22,25). The average molecular weight is 352 g/mol. The normalized spacial score (nSPS) is 18.1. The summed E-state index contributed by atoms with van der Waals surface area (Å²) >= 11 is 5.98. The van der Waals surface area contributed by atoms with Crippen molar-refractivity contribution in [1.29, 1.82) is 0 Å². The monoisotopic (exact) mass is 351 g/mol. The van der Waals surface area contributed by atoms with Gasteiger partial charge in [-0.2, -0.15) is 0 Å².